The van der Waals surface area contributed by atoms with Gasteiger partial charge in [0.2, 0.25) is 15.9 Å². The van der Waals surface area contributed by atoms with E-state index in [2.05, 4.69) is 5.32 Å². The van der Waals surface area contributed by atoms with E-state index in [9.17, 15) is 18.0 Å². The van der Waals surface area contributed by atoms with E-state index in [4.69, 9.17) is 9.84 Å². The summed E-state index contributed by atoms with van der Waals surface area (Å²) >= 11 is 0. The van der Waals surface area contributed by atoms with E-state index in [1.807, 2.05) is 6.92 Å². The summed E-state index contributed by atoms with van der Waals surface area (Å²) in [6.45, 7) is 1.98. The molecule has 0 spiro atoms. The minimum absolute atomic E-state index is 0.0876. The van der Waals surface area contributed by atoms with Crippen LogP contribution >= 0.6 is 0 Å². The number of amides is 1. The third-order valence-corrected chi connectivity index (χ3v) is 6.12. The molecule has 1 fully saturated rings. The van der Waals surface area contributed by atoms with Gasteiger partial charge >= 0.3 is 5.97 Å². The average molecular weight is 384 g/mol. The number of sulfonamides is 1. The standard InChI is InChI=1S/C17H24N2O6S/c1-2-9-26(23,24)19-8-4-5-13(11-19)17(22)18-14-6-3-7-15(10-14)25-12-16(20)21/h3,6-7,10,13H,2,4-5,8-9,11-12H2,1H3,(H,18,22)(H,20,21)/t13-/m0/s1. The first-order valence-corrected chi connectivity index (χ1v) is 10.2. The van der Waals surface area contributed by atoms with Crippen molar-refractivity contribution in [3.63, 3.8) is 0 Å². The lowest BCUT2D eigenvalue weighted by Gasteiger charge is -2.31. The largest absolute Gasteiger partial charge is 0.482 e. The Morgan fingerprint density at radius 3 is 2.85 bits per heavy atom. The zero-order valence-corrected chi connectivity index (χ0v) is 15.5. The van der Waals surface area contributed by atoms with Crippen LogP contribution in [0.4, 0.5) is 5.69 Å². The number of hydrogen-bond donors (Lipinski definition) is 2. The molecule has 0 radical (unpaired) electrons. The molecule has 1 heterocycles. The number of nitrogens with one attached hydrogen (secondary N) is 1. The van der Waals surface area contributed by atoms with Gasteiger partial charge in [-0.1, -0.05) is 13.0 Å². The highest BCUT2D eigenvalue weighted by atomic mass is 32.2. The molecule has 8 nitrogen and oxygen atoms in total. The van der Waals surface area contributed by atoms with Crippen LogP contribution in [0.15, 0.2) is 24.3 Å². The first-order valence-electron chi connectivity index (χ1n) is 8.55. The van der Waals surface area contributed by atoms with Gasteiger partial charge in [-0.05, 0) is 31.4 Å². The highest BCUT2D eigenvalue weighted by molar-refractivity contribution is 7.89. The maximum absolute atomic E-state index is 12.5. The Hall–Kier alpha value is -2.13. The summed E-state index contributed by atoms with van der Waals surface area (Å²) in [6, 6.07) is 6.44. The highest BCUT2D eigenvalue weighted by Crippen LogP contribution is 2.23. The van der Waals surface area contributed by atoms with Gasteiger partial charge in [-0.25, -0.2) is 17.5 Å². The topological polar surface area (TPSA) is 113 Å². The van der Waals surface area contributed by atoms with Crippen molar-refractivity contribution in [2.75, 3.05) is 30.8 Å². The lowest BCUT2D eigenvalue weighted by Crippen LogP contribution is -2.44. The van der Waals surface area contributed by atoms with Gasteiger partial charge < -0.3 is 15.2 Å². The zero-order valence-electron chi connectivity index (χ0n) is 14.7. The van der Waals surface area contributed by atoms with Crippen molar-refractivity contribution in [3.8, 4) is 5.75 Å². The average Bonchev–Trinajstić information content (AvgIpc) is 2.60. The summed E-state index contributed by atoms with van der Waals surface area (Å²) in [5.41, 5.74) is 0.478. The fraction of sp³-hybridized carbons (Fsp3) is 0.529. The molecule has 1 aliphatic heterocycles. The number of rotatable bonds is 8. The minimum atomic E-state index is -3.32. The monoisotopic (exact) mass is 384 g/mol. The quantitative estimate of drug-likeness (QED) is 0.703. The van der Waals surface area contributed by atoms with Crippen LogP contribution in [0.2, 0.25) is 0 Å². The number of carboxylic acids is 1. The van der Waals surface area contributed by atoms with Crippen molar-refractivity contribution >= 4 is 27.6 Å². The number of carboxylic acid groups (broad SMARTS) is 1. The lowest BCUT2D eigenvalue weighted by molar-refractivity contribution is -0.139. The molecule has 1 atom stereocenters. The molecule has 1 saturated heterocycles. The number of anilines is 1. The second kappa shape index (κ2) is 9.00. The molecule has 26 heavy (non-hydrogen) atoms. The summed E-state index contributed by atoms with van der Waals surface area (Å²) < 4.78 is 30.9. The molecular formula is C17H24N2O6S. The summed E-state index contributed by atoms with van der Waals surface area (Å²) in [7, 11) is -3.32. The predicted octanol–water partition coefficient (Wildman–Crippen LogP) is 1.54. The SMILES string of the molecule is CCCS(=O)(=O)N1CCC[C@H](C(=O)Nc2cccc(OCC(=O)O)c2)C1. The van der Waals surface area contributed by atoms with E-state index in [-0.39, 0.29) is 18.2 Å². The van der Waals surface area contributed by atoms with Gasteiger partial charge in [-0.2, -0.15) is 0 Å². The first-order chi connectivity index (χ1) is 12.3. The molecule has 0 unspecified atom stereocenters. The number of ether oxygens (including phenoxy) is 1. The van der Waals surface area contributed by atoms with E-state index >= 15 is 0 Å². The molecule has 1 aromatic carbocycles. The Morgan fingerprint density at radius 1 is 1.38 bits per heavy atom. The van der Waals surface area contributed by atoms with Gasteiger partial charge in [-0.3, -0.25) is 4.79 Å². The van der Waals surface area contributed by atoms with Crippen LogP contribution in [0.5, 0.6) is 5.75 Å². The molecule has 2 N–H and O–H groups in total. The Balaban J connectivity index is 1.99. The van der Waals surface area contributed by atoms with Crippen molar-refractivity contribution in [2.45, 2.75) is 26.2 Å². The van der Waals surface area contributed by atoms with Crippen LogP contribution in [-0.2, 0) is 19.6 Å². The maximum atomic E-state index is 12.5. The summed E-state index contributed by atoms with van der Waals surface area (Å²) in [5, 5.41) is 11.4. The number of hydrogen-bond acceptors (Lipinski definition) is 5. The highest BCUT2D eigenvalue weighted by Gasteiger charge is 2.31. The summed E-state index contributed by atoms with van der Waals surface area (Å²) in [6.07, 6.45) is 1.81. The van der Waals surface area contributed by atoms with Gasteiger partial charge in [0.25, 0.3) is 0 Å². The zero-order chi connectivity index (χ0) is 19.2. The molecular weight excluding hydrogens is 360 g/mol. The molecule has 144 valence electrons. The number of carbonyl (C=O) groups excluding carboxylic acids is 1. The van der Waals surface area contributed by atoms with Gasteiger partial charge in [0.1, 0.15) is 5.75 Å². The predicted molar refractivity (Wildman–Crippen MR) is 96.6 cm³/mol. The Labute approximate surface area is 153 Å². The van der Waals surface area contributed by atoms with Crippen LogP contribution in [0, 0.1) is 5.92 Å². The number of carbonyl (C=O) groups is 2. The minimum Gasteiger partial charge on any atom is -0.482 e. The normalized spacial score (nSPS) is 18.3. The van der Waals surface area contributed by atoms with Crippen LogP contribution < -0.4 is 10.1 Å². The van der Waals surface area contributed by atoms with E-state index in [1.54, 1.807) is 18.2 Å². The first kappa shape index (κ1) is 20.2. The third kappa shape index (κ3) is 5.70. The molecule has 1 aliphatic rings. The van der Waals surface area contributed by atoms with Crippen LogP contribution in [-0.4, -0.2) is 55.2 Å². The fourth-order valence-corrected chi connectivity index (χ4v) is 4.44. The molecule has 0 bridgehead atoms. The second-order valence-electron chi connectivity index (χ2n) is 6.21. The molecule has 1 amide bonds. The van der Waals surface area contributed by atoms with Gasteiger partial charge in [0.05, 0.1) is 11.7 Å². The van der Waals surface area contributed by atoms with Crippen LogP contribution in [0.25, 0.3) is 0 Å². The van der Waals surface area contributed by atoms with Crippen molar-refractivity contribution in [2.24, 2.45) is 5.92 Å². The molecule has 2 rings (SSSR count). The number of nitrogens with zero attached hydrogens (tertiary/aromatic N) is 1. The second-order valence-corrected chi connectivity index (χ2v) is 8.30. The van der Waals surface area contributed by atoms with Gasteiger partial charge in [0.15, 0.2) is 6.61 Å². The Kier molecular flexibility index (Phi) is 6.98. The van der Waals surface area contributed by atoms with E-state index < -0.39 is 28.5 Å². The van der Waals surface area contributed by atoms with Crippen molar-refractivity contribution in [3.05, 3.63) is 24.3 Å². The Morgan fingerprint density at radius 2 is 2.15 bits per heavy atom. The third-order valence-electron chi connectivity index (χ3n) is 4.07. The number of benzene rings is 1. The summed E-state index contributed by atoms with van der Waals surface area (Å²) in [4.78, 5) is 23.1. The molecule has 0 aromatic heterocycles. The number of piperidine rings is 1. The van der Waals surface area contributed by atoms with E-state index in [0.29, 0.717) is 37.2 Å². The van der Waals surface area contributed by atoms with Crippen molar-refractivity contribution in [1.29, 1.82) is 0 Å². The smallest absolute Gasteiger partial charge is 0.341 e. The molecule has 1 aromatic rings. The van der Waals surface area contributed by atoms with Crippen LogP contribution in [0.1, 0.15) is 26.2 Å². The molecule has 0 aliphatic carbocycles. The van der Waals surface area contributed by atoms with Gasteiger partial charge in [-0.15, -0.1) is 0 Å². The number of aliphatic carboxylic acids is 1. The van der Waals surface area contributed by atoms with E-state index in [1.165, 1.54) is 10.4 Å². The van der Waals surface area contributed by atoms with Crippen molar-refractivity contribution in [1.82, 2.24) is 4.31 Å². The lowest BCUT2D eigenvalue weighted by atomic mass is 9.98. The maximum Gasteiger partial charge on any atom is 0.341 e. The fourth-order valence-electron chi connectivity index (χ4n) is 2.85. The summed E-state index contributed by atoms with van der Waals surface area (Å²) in [5.74, 6) is -1.34. The van der Waals surface area contributed by atoms with E-state index in [0.717, 1.165) is 0 Å². The van der Waals surface area contributed by atoms with Crippen molar-refractivity contribution < 1.29 is 27.9 Å². The molecule has 0 saturated carbocycles. The van der Waals surface area contributed by atoms with Crippen LogP contribution in [0.3, 0.4) is 0 Å². The molecule has 9 heteroatoms. The Bertz CT molecular complexity index is 749. The van der Waals surface area contributed by atoms with Gasteiger partial charge in [0, 0.05) is 24.8 Å².